The van der Waals surface area contributed by atoms with Gasteiger partial charge in [-0.1, -0.05) is 0 Å². The number of carbonyl (C=O) groups excluding carboxylic acids is 1. The highest BCUT2D eigenvalue weighted by atomic mass is 16.4. The second kappa shape index (κ2) is 3.90. The molecule has 0 bridgehead atoms. The molecule has 1 heterocycles. The number of carbonyl (C=O) groups is 2. The summed E-state index contributed by atoms with van der Waals surface area (Å²) in [4.78, 5) is 22.1. The smallest absolute Gasteiger partial charge is 0.407 e. The van der Waals surface area contributed by atoms with Crippen LogP contribution in [0.5, 0.6) is 0 Å². The van der Waals surface area contributed by atoms with E-state index in [9.17, 15) is 9.59 Å². The van der Waals surface area contributed by atoms with Gasteiger partial charge in [-0.05, 0) is 6.42 Å². The third-order valence-electron chi connectivity index (χ3n) is 2.30. The Labute approximate surface area is 75.6 Å². The lowest BCUT2D eigenvalue weighted by Crippen LogP contribution is -2.28. The van der Waals surface area contributed by atoms with E-state index in [1.807, 2.05) is 6.07 Å². The van der Waals surface area contributed by atoms with E-state index in [0.29, 0.717) is 25.8 Å². The van der Waals surface area contributed by atoms with E-state index in [-0.39, 0.29) is 5.92 Å². The third kappa shape index (κ3) is 1.96. The normalized spacial score (nSPS) is 23.6. The van der Waals surface area contributed by atoms with E-state index < -0.39 is 12.0 Å². The Bertz CT molecular complexity index is 259. The van der Waals surface area contributed by atoms with Crippen molar-refractivity contribution in [1.29, 1.82) is 5.26 Å². The van der Waals surface area contributed by atoms with Crippen molar-refractivity contribution < 1.29 is 14.7 Å². The molecule has 1 rings (SSSR count). The maximum atomic E-state index is 10.5. The van der Waals surface area contributed by atoms with Crippen molar-refractivity contribution in [3.05, 3.63) is 0 Å². The van der Waals surface area contributed by atoms with Crippen LogP contribution in [0.2, 0.25) is 0 Å². The molecule has 13 heavy (non-hydrogen) atoms. The molecule has 1 amide bonds. The van der Waals surface area contributed by atoms with Gasteiger partial charge >= 0.3 is 6.09 Å². The summed E-state index contributed by atoms with van der Waals surface area (Å²) in [5.41, 5.74) is 0. The lowest BCUT2D eigenvalue weighted by atomic mass is 9.94. The lowest BCUT2D eigenvalue weighted by Gasteiger charge is -2.12. The molecule has 0 aromatic rings. The number of likely N-dealkylation sites (tertiary alicyclic amines) is 1. The first kappa shape index (κ1) is 9.52. The zero-order valence-corrected chi connectivity index (χ0v) is 7.01. The van der Waals surface area contributed by atoms with Gasteiger partial charge in [-0.2, -0.15) is 5.26 Å². The van der Waals surface area contributed by atoms with E-state index in [0.717, 1.165) is 0 Å². The Morgan fingerprint density at radius 3 is 2.85 bits per heavy atom. The lowest BCUT2D eigenvalue weighted by molar-refractivity contribution is -0.110. The second-order valence-electron chi connectivity index (χ2n) is 3.07. The van der Waals surface area contributed by atoms with Gasteiger partial charge in [0, 0.05) is 19.0 Å². The zero-order valence-electron chi connectivity index (χ0n) is 7.01. The van der Waals surface area contributed by atoms with Crippen molar-refractivity contribution in [3.63, 3.8) is 0 Å². The predicted octanol–water partition coefficient (Wildman–Crippen LogP) is 0.325. The van der Waals surface area contributed by atoms with E-state index in [4.69, 9.17) is 10.4 Å². The molecule has 1 aliphatic rings. The highest BCUT2D eigenvalue weighted by molar-refractivity contribution is 5.66. The summed E-state index contributed by atoms with van der Waals surface area (Å²) in [7, 11) is 0. The number of hydrogen-bond donors (Lipinski definition) is 1. The van der Waals surface area contributed by atoms with Gasteiger partial charge in [-0.3, -0.25) is 0 Å². The van der Waals surface area contributed by atoms with Crippen LogP contribution in [0.25, 0.3) is 0 Å². The van der Waals surface area contributed by atoms with Crippen molar-refractivity contribution >= 4 is 12.4 Å². The average Bonchev–Trinajstić information content (AvgIpc) is 2.56. The Kier molecular flexibility index (Phi) is 2.85. The minimum Gasteiger partial charge on any atom is -0.465 e. The highest BCUT2D eigenvalue weighted by Gasteiger charge is 2.31. The van der Waals surface area contributed by atoms with Crippen molar-refractivity contribution in [2.45, 2.75) is 6.42 Å². The maximum absolute atomic E-state index is 10.5. The molecule has 5 heteroatoms. The van der Waals surface area contributed by atoms with Gasteiger partial charge in [0.05, 0.1) is 6.07 Å². The van der Waals surface area contributed by atoms with Gasteiger partial charge in [0.1, 0.15) is 12.2 Å². The molecule has 0 unspecified atom stereocenters. The molecule has 1 aliphatic heterocycles. The van der Waals surface area contributed by atoms with Crippen LogP contribution in [0.4, 0.5) is 4.79 Å². The fourth-order valence-corrected chi connectivity index (χ4v) is 1.50. The Balaban J connectivity index is 2.54. The first-order valence-electron chi connectivity index (χ1n) is 4.01. The summed E-state index contributed by atoms with van der Waals surface area (Å²) in [5, 5.41) is 17.2. The van der Waals surface area contributed by atoms with Crippen molar-refractivity contribution in [3.8, 4) is 6.07 Å². The minimum absolute atomic E-state index is 0.126. The van der Waals surface area contributed by atoms with Crippen LogP contribution in [0, 0.1) is 23.2 Å². The fraction of sp³-hybridized carbons (Fsp3) is 0.625. The summed E-state index contributed by atoms with van der Waals surface area (Å²) in [6.45, 7) is 0.721. The minimum atomic E-state index is -0.981. The van der Waals surface area contributed by atoms with Gasteiger partial charge in [0.15, 0.2) is 0 Å². The molecule has 5 nitrogen and oxygen atoms in total. The first-order valence-corrected chi connectivity index (χ1v) is 4.01. The molecule has 1 saturated heterocycles. The van der Waals surface area contributed by atoms with Crippen LogP contribution in [0.1, 0.15) is 6.42 Å². The molecule has 2 atom stereocenters. The molecular weight excluding hydrogens is 172 g/mol. The van der Waals surface area contributed by atoms with E-state index >= 15 is 0 Å². The van der Waals surface area contributed by atoms with E-state index in [1.165, 1.54) is 4.90 Å². The molecule has 0 aromatic carbocycles. The molecule has 70 valence electrons. The SMILES string of the molecule is N#C[C@H](C=O)[C@@H]1CCN(C(=O)O)C1. The Morgan fingerprint density at radius 2 is 2.46 bits per heavy atom. The summed E-state index contributed by atoms with van der Waals surface area (Å²) < 4.78 is 0. The molecule has 0 aliphatic carbocycles. The Morgan fingerprint density at radius 1 is 1.77 bits per heavy atom. The number of rotatable bonds is 2. The standard InChI is InChI=1S/C8H10N2O3/c9-3-7(5-11)6-1-2-10(4-6)8(12)13/h5-7H,1-2,4H2,(H,12,13)/t6-,7-/m1/s1. The maximum Gasteiger partial charge on any atom is 0.407 e. The quantitative estimate of drug-likeness (QED) is 0.624. The molecule has 1 N–H and O–H groups in total. The van der Waals surface area contributed by atoms with Crippen LogP contribution in [-0.2, 0) is 4.79 Å². The first-order chi connectivity index (χ1) is 6.19. The number of nitrogens with zero attached hydrogens (tertiary/aromatic N) is 2. The number of hydrogen-bond acceptors (Lipinski definition) is 3. The van der Waals surface area contributed by atoms with Crippen LogP contribution < -0.4 is 0 Å². The van der Waals surface area contributed by atoms with Crippen LogP contribution in [0.15, 0.2) is 0 Å². The summed E-state index contributed by atoms with van der Waals surface area (Å²) in [5.74, 6) is -0.789. The van der Waals surface area contributed by atoms with Crippen molar-refractivity contribution in [2.75, 3.05) is 13.1 Å². The van der Waals surface area contributed by atoms with Gasteiger partial charge in [-0.25, -0.2) is 4.79 Å². The largest absolute Gasteiger partial charge is 0.465 e. The predicted molar refractivity (Wildman–Crippen MR) is 42.9 cm³/mol. The monoisotopic (exact) mass is 182 g/mol. The van der Waals surface area contributed by atoms with Crippen LogP contribution in [-0.4, -0.2) is 35.5 Å². The highest BCUT2D eigenvalue weighted by Crippen LogP contribution is 2.22. The molecule has 0 aromatic heterocycles. The zero-order chi connectivity index (χ0) is 9.84. The van der Waals surface area contributed by atoms with Gasteiger partial charge < -0.3 is 14.8 Å². The summed E-state index contributed by atoms with van der Waals surface area (Å²) in [6.07, 6.45) is 0.212. The van der Waals surface area contributed by atoms with Crippen molar-refractivity contribution in [2.24, 2.45) is 11.8 Å². The van der Waals surface area contributed by atoms with Crippen molar-refractivity contribution in [1.82, 2.24) is 4.90 Å². The second-order valence-corrected chi connectivity index (χ2v) is 3.07. The van der Waals surface area contributed by atoms with E-state index in [2.05, 4.69) is 0 Å². The number of nitriles is 1. The summed E-state index contributed by atoms with van der Waals surface area (Å²) in [6, 6.07) is 1.87. The molecule has 0 saturated carbocycles. The average molecular weight is 182 g/mol. The van der Waals surface area contributed by atoms with Crippen LogP contribution in [0.3, 0.4) is 0 Å². The number of aldehydes is 1. The number of amides is 1. The summed E-state index contributed by atoms with van der Waals surface area (Å²) >= 11 is 0. The van der Waals surface area contributed by atoms with E-state index in [1.54, 1.807) is 0 Å². The molecular formula is C8H10N2O3. The Hall–Kier alpha value is -1.57. The topological polar surface area (TPSA) is 81.4 Å². The fourth-order valence-electron chi connectivity index (χ4n) is 1.50. The molecule has 1 fully saturated rings. The molecule has 0 spiro atoms. The molecule has 0 radical (unpaired) electrons. The van der Waals surface area contributed by atoms with Gasteiger partial charge in [0.25, 0.3) is 0 Å². The van der Waals surface area contributed by atoms with Gasteiger partial charge in [-0.15, -0.1) is 0 Å². The van der Waals surface area contributed by atoms with Crippen LogP contribution >= 0.6 is 0 Å². The number of carboxylic acid groups (broad SMARTS) is 1. The van der Waals surface area contributed by atoms with Gasteiger partial charge in [0.2, 0.25) is 0 Å². The third-order valence-corrected chi connectivity index (χ3v) is 2.30.